The maximum absolute atomic E-state index is 12.8. The van der Waals surface area contributed by atoms with Gasteiger partial charge < -0.3 is 4.57 Å². The maximum atomic E-state index is 12.8. The lowest BCUT2D eigenvalue weighted by atomic mass is 10.1. The number of primary sulfonamides is 1. The van der Waals surface area contributed by atoms with E-state index in [0.29, 0.717) is 29.0 Å². The molecule has 0 saturated heterocycles. The van der Waals surface area contributed by atoms with Crippen LogP contribution in [0.25, 0.3) is 22.4 Å². The molecule has 9 heteroatoms. The normalized spacial score (nSPS) is 12.6. The van der Waals surface area contributed by atoms with Crippen molar-refractivity contribution in [3.63, 3.8) is 0 Å². The molecule has 0 atom stereocenters. The zero-order valence-electron chi connectivity index (χ0n) is 14.5. The Labute approximate surface area is 154 Å². The standard InChI is InChI=1S/C18H18F3N3O2S/c1-2-3-10-24-16-9-8-14(27(22,25)26)11-15(16)23-17(24)12-4-6-13(7-5-12)18(19,20)21/h4-9,11H,2-3,10H2,1H3,(H2,22,25,26). The molecule has 2 aromatic carbocycles. The second-order valence-electron chi connectivity index (χ2n) is 6.21. The van der Waals surface area contributed by atoms with Crippen molar-refractivity contribution in [2.45, 2.75) is 37.4 Å². The molecule has 0 bridgehead atoms. The minimum absolute atomic E-state index is 0.0610. The number of rotatable bonds is 5. The van der Waals surface area contributed by atoms with Gasteiger partial charge in [-0.05, 0) is 36.8 Å². The number of hydrogen-bond donors (Lipinski definition) is 1. The number of aryl methyl sites for hydroxylation is 1. The summed E-state index contributed by atoms with van der Waals surface area (Å²) in [7, 11) is -3.88. The molecule has 3 rings (SSSR count). The molecule has 0 unspecified atom stereocenters. The molecule has 0 aliphatic heterocycles. The minimum atomic E-state index is -4.41. The van der Waals surface area contributed by atoms with Crippen LogP contribution in [0.4, 0.5) is 13.2 Å². The molecule has 0 spiro atoms. The van der Waals surface area contributed by atoms with E-state index in [-0.39, 0.29) is 4.90 Å². The first-order valence-electron chi connectivity index (χ1n) is 8.32. The zero-order chi connectivity index (χ0) is 19.8. The molecule has 0 fully saturated rings. The summed E-state index contributed by atoms with van der Waals surface area (Å²) in [6, 6.07) is 9.15. The quantitative estimate of drug-likeness (QED) is 0.702. The summed E-state index contributed by atoms with van der Waals surface area (Å²) < 4.78 is 63.4. The smallest absolute Gasteiger partial charge is 0.324 e. The summed E-state index contributed by atoms with van der Waals surface area (Å²) in [6.07, 6.45) is -2.65. The molecule has 3 aromatic rings. The van der Waals surface area contributed by atoms with Crippen molar-refractivity contribution in [2.24, 2.45) is 5.14 Å². The first-order chi connectivity index (χ1) is 12.6. The molecule has 2 N–H and O–H groups in total. The Bertz CT molecular complexity index is 1070. The number of fused-ring (bicyclic) bond motifs is 1. The van der Waals surface area contributed by atoms with Crippen LogP contribution >= 0.6 is 0 Å². The number of aromatic nitrogens is 2. The summed E-state index contributed by atoms with van der Waals surface area (Å²) in [5.41, 5.74) is 0.907. The van der Waals surface area contributed by atoms with Gasteiger partial charge in [-0.25, -0.2) is 18.5 Å². The largest absolute Gasteiger partial charge is 0.416 e. The fourth-order valence-electron chi connectivity index (χ4n) is 2.86. The van der Waals surface area contributed by atoms with Gasteiger partial charge in [0.2, 0.25) is 10.0 Å². The number of sulfonamides is 1. The van der Waals surface area contributed by atoms with Gasteiger partial charge in [0.15, 0.2) is 0 Å². The van der Waals surface area contributed by atoms with Crippen molar-refractivity contribution in [1.82, 2.24) is 9.55 Å². The number of hydrogen-bond acceptors (Lipinski definition) is 3. The molecule has 0 aliphatic carbocycles. The highest BCUT2D eigenvalue weighted by atomic mass is 32.2. The van der Waals surface area contributed by atoms with Crippen LogP contribution in [0.15, 0.2) is 47.4 Å². The van der Waals surface area contributed by atoms with Crippen molar-refractivity contribution in [1.29, 1.82) is 0 Å². The van der Waals surface area contributed by atoms with E-state index in [0.717, 1.165) is 25.0 Å². The highest BCUT2D eigenvalue weighted by Crippen LogP contribution is 2.32. The number of unbranched alkanes of at least 4 members (excludes halogenated alkanes) is 1. The van der Waals surface area contributed by atoms with Crippen LogP contribution in [0, 0.1) is 0 Å². The molecule has 5 nitrogen and oxygen atoms in total. The minimum Gasteiger partial charge on any atom is -0.324 e. The third-order valence-corrected chi connectivity index (χ3v) is 5.16. The Morgan fingerprint density at radius 1 is 1.11 bits per heavy atom. The van der Waals surface area contributed by atoms with Gasteiger partial charge in [0, 0.05) is 12.1 Å². The highest BCUT2D eigenvalue weighted by molar-refractivity contribution is 7.89. The summed E-state index contributed by atoms with van der Waals surface area (Å²) in [6.45, 7) is 2.63. The fourth-order valence-corrected chi connectivity index (χ4v) is 3.39. The Morgan fingerprint density at radius 2 is 1.78 bits per heavy atom. The lowest BCUT2D eigenvalue weighted by Crippen LogP contribution is -2.11. The third-order valence-electron chi connectivity index (χ3n) is 4.25. The van der Waals surface area contributed by atoms with E-state index in [4.69, 9.17) is 5.14 Å². The zero-order valence-corrected chi connectivity index (χ0v) is 15.3. The molecule has 27 heavy (non-hydrogen) atoms. The van der Waals surface area contributed by atoms with Crippen LogP contribution in [0.5, 0.6) is 0 Å². The Hall–Kier alpha value is -2.39. The molecule has 0 aliphatic rings. The van der Waals surface area contributed by atoms with Crippen LogP contribution in [0.3, 0.4) is 0 Å². The van der Waals surface area contributed by atoms with Crippen molar-refractivity contribution in [2.75, 3.05) is 0 Å². The van der Waals surface area contributed by atoms with Gasteiger partial charge >= 0.3 is 6.18 Å². The monoisotopic (exact) mass is 397 g/mol. The number of nitrogens with zero attached hydrogens (tertiary/aromatic N) is 2. The van der Waals surface area contributed by atoms with Gasteiger partial charge in [-0.3, -0.25) is 0 Å². The van der Waals surface area contributed by atoms with Crippen molar-refractivity contribution >= 4 is 21.1 Å². The van der Waals surface area contributed by atoms with Gasteiger partial charge in [0.1, 0.15) is 5.82 Å². The topological polar surface area (TPSA) is 78.0 Å². The van der Waals surface area contributed by atoms with Crippen molar-refractivity contribution < 1.29 is 21.6 Å². The summed E-state index contributed by atoms with van der Waals surface area (Å²) in [4.78, 5) is 4.40. The molecule has 0 radical (unpaired) electrons. The Balaban J connectivity index is 2.15. The van der Waals surface area contributed by atoms with E-state index in [1.807, 2.05) is 11.5 Å². The van der Waals surface area contributed by atoms with Crippen LogP contribution in [-0.2, 0) is 22.7 Å². The van der Waals surface area contributed by atoms with Crippen LogP contribution in [-0.4, -0.2) is 18.0 Å². The van der Waals surface area contributed by atoms with Gasteiger partial charge in [0.05, 0.1) is 21.5 Å². The SMILES string of the molecule is CCCCn1c(-c2ccc(C(F)(F)F)cc2)nc2cc(S(N)(=O)=O)ccc21. The predicted molar refractivity (Wildman–Crippen MR) is 96.5 cm³/mol. The van der Waals surface area contributed by atoms with Crippen molar-refractivity contribution in [3.05, 3.63) is 48.0 Å². The lowest BCUT2D eigenvalue weighted by molar-refractivity contribution is -0.137. The first-order valence-corrected chi connectivity index (χ1v) is 9.86. The average Bonchev–Trinajstić information content (AvgIpc) is 2.96. The van der Waals surface area contributed by atoms with Crippen LogP contribution < -0.4 is 5.14 Å². The molecule has 1 heterocycles. The van der Waals surface area contributed by atoms with Gasteiger partial charge in [-0.1, -0.05) is 25.5 Å². The maximum Gasteiger partial charge on any atom is 0.416 e. The van der Waals surface area contributed by atoms with Gasteiger partial charge in [-0.2, -0.15) is 13.2 Å². The highest BCUT2D eigenvalue weighted by Gasteiger charge is 2.30. The molecular formula is C18H18F3N3O2S. The number of nitrogens with two attached hydrogens (primary N) is 1. The molecule has 144 valence electrons. The lowest BCUT2D eigenvalue weighted by Gasteiger charge is -2.10. The summed E-state index contributed by atoms with van der Waals surface area (Å²) in [5, 5.41) is 5.17. The molecule has 1 aromatic heterocycles. The number of benzene rings is 2. The second kappa shape index (κ2) is 6.97. The molecular weight excluding hydrogens is 379 g/mol. The first kappa shape index (κ1) is 19.4. The summed E-state index contributed by atoms with van der Waals surface area (Å²) in [5.74, 6) is 0.485. The van der Waals surface area contributed by atoms with Crippen LogP contribution in [0.2, 0.25) is 0 Å². The third kappa shape index (κ3) is 3.98. The molecule has 0 amide bonds. The Kier molecular flexibility index (Phi) is 5.00. The Morgan fingerprint density at radius 3 is 2.33 bits per heavy atom. The fraction of sp³-hybridized carbons (Fsp3) is 0.278. The van der Waals surface area contributed by atoms with E-state index in [1.54, 1.807) is 6.07 Å². The second-order valence-corrected chi connectivity index (χ2v) is 7.77. The van der Waals surface area contributed by atoms with E-state index in [1.165, 1.54) is 24.3 Å². The predicted octanol–water partition coefficient (Wildman–Crippen LogP) is 4.17. The number of halogens is 3. The van der Waals surface area contributed by atoms with Gasteiger partial charge in [-0.15, -0.1) is 0 Å². The van der Waals surface area contributed by atoms with Crippen LogP contribution in [0.1, 0.15) is 25.3 Å². The van der Waals surface area contributed by atoms with E-state index in [2.05, 4.69) is 4.98 Å². The van der Waals surface area contributed by atoms with E-state index < -0.39 is 21.8 Å². The number of alkyl halides is 3. The summed E-state index contributed by atoms with van der Waals surface area (Å²) >= 11 is 0. The van der Waals surface area contributed by atoms with Gasteiger partial charge in [0.25, 0.3) is 0 Å². The number of imidazole rings is 1. The van der Waals surface area contributed by atoms with Crippen molar-refractivity contribution in [3.8, 4) is 11.4 Å². The molecule has 0 saturated carbocycles. The van der Waals surface area contributed by atoms with E-state index >= 15 is 0 Å². The van der Waals surface area contributed by atoms with E-state index in [9.17, 15) is 21.6 Å². The average molecular weight is 397 g/mol.